The van der Waals surface area contributed by atoms with Crippen LogP contribution in [0.15, 0.2) is 24.3 Å². The highest BCUT2D eigenvalue weighted by molar-refractivity contribution is 5.97. The van der Waals surface area contributed by atoms with Gasteiger partial charge in [0, 0.05) is 24.9 Å². The molecule has 1 saturated heterocycles. The number of hydrogen-bond acceptors (Lipinski definition) is 4. The molecule has 0 bridgehead atoms. The summed E-state index contributed by atoms with van der Waals surface area (Å²) in [6.45, 7) is 13.6. The molecule has 1 amide bonds. The van der Waals surface area contributed by atoms with Crippen LogP contribution in [0.5, 0.6) is 5.75 Å². The molecule has 2 rings (SSSR count). The van der Waals surface area contributed by atoms with Crippen LogP contribution in [0.2, 0.25) is 0 Å². The molecule has 1 heterocycles. The van der Waals surface area contributed by atoms with E-state index < -0.39 is 5.60 Å². The summed E-state index contributed by atoms with van der Waals surface area (Å²) in [7, 11) is 0. The average molecular weight is 391 g/mol. The molecule has 28 heavy (non-hydrogen) atoms. The molecule has 158 valence electrons. The number of amides is 1. The number of nitrogens with one attached hydrogen (secondary N) is 1. The number of nitrogens with zero attached hydrogens (tertiary/aromatic N) is 1. The number of anilines is 1. The highest BCUT2D eigenvalue weighted by Crippen LogP contribution is 2.24. The molecular weight excluding hydrogens is 352 g/mol. The minimum absolute atomic E-state index is 0.101. The SMILES string of the molecule is CCOC(C)(CC(C)C)C(=O)Nc1ccc(OCCN2CCCCC2C)cc1. The van der Waals surface area contributed by atoms with Crippen LogP contribution in [0.25, 0.3) is 0 Å². The first-order chi connectivity index (χ1) is 13.3. The fourth-order valence-corrected chi connectivity index (χ4v) is 3.98. The topological polar surface area (TPSA) is 50.8 Å². The summed E-state index contributed by atoms with van der Waals surface area (Å²) in [5, 5.41) is 2.99. The van der Waals surface area contributed by atoms with Crippen molar-refractivity contribution in [2.75, 3.05) is 31.6 Å². The minimum Gasteiger partial charge on any atom is -0.492 e. The molecule has 1 aliphatic rings. The predicted octanol–water partition coefficient (Wildman–Crippen LogP) is 4.72. The third-order valence-electron chi connectivity index (χ3n) is 5.44. The van der Waals surface area contributed by atoms with Crippen LogP contribution in [-0.4, -0.2) is 48.8 Å². The van der Waals surface area contributed by atoms with Crippen LogP contribution < -0.4 is 10.1 Å². The van der Waals surface area contributed by atoms with Gasteiger partial charge in [0.05, 0.1) is 0 Å². The highest BCUT2D eigenvalue weighted by Gasteiger charge is 2.34. The number of hydrogen-bond donors (Lipinski definition) is 1. The number of rotatable bonds is 10. The van der Waals surface area contributed by atoms with Gasteiger partial charge in [-0.3, -0.25) is 9.69 Å². The van der Waals surface area contributed by atoms with Gasteiger partial charge in [0.1, 0.15) is 18.0 Å². The van der Waals surface area contributed by atoms with Crippen molar-refractivity contribution in [2.24, 2.45) is 5.92 Å². The van der Waals surface area contributed by atoms with Crippen molar-refractivity contribution in [1.29, 1.82) is 0 Å². The van der Waals surface area contributed by atoms with E-state index in [1.165, 1.54) is 25.8 Å². The Balaban J connectivity index is 1.84. The number of likely N-dealkylation sites (tertiary alicyclic amines) is 1. The molecule has 0 radical (unpaired) electrons. The lowest BCUT2D eigenvalue weighted by Gasteiger charge is -2.33. The van der Waals surface area contributed by atoms with Crippen molar-refractivity contribution < 1.29 is 14.3 Å². The molecule has 5 nitrogen and oxygen atoms in total. The first-order valence-electron chi connectivity index (χ1n) is 10.8. The Morgan fingerprint density at radius 3 is 2.61 bits per heavy atom. The molecule has 5 heteroatoms. The second-order valence-corrected chi connectivity index (χ2v) is 8.47. The minimum atomic E-state index is -0.816. The van der Waals surface area contributed by atoms with Gasteiger partial charge in [0.2, 0.25) is 0 Å². The van der Waals surface area contributed by atoms with Crippen molar-refractivity contribution in [1.82, 2.24) is 4.90 Å². The summed E-state index contributed by atoms with van der Waals surface area (Å²) in [4.78, 5) is 15.3. The lowest BCUT2D eigenvalue weighted by Crippen LogP contribution is -2.43. The van der Waals surface area contributed by atoms with Crippen molar-refractivity contribution >= 4 is 11.6 Å². The van der Waals surface area contributed by atoms with Crippen LogP contribution in [0, 0.1) is 5.92 Å². The lowest BCUT2D eigenvalue weighted by molar-refractivity contribution is -0.140. The van der Waals surface area contributed by atoms with Crippen molar-refractivity contribution in [2.45, 2.75) is 71.9 Å². The Kier molecular flexibility index (Phi) is 8.77. The van der Waals surface area contributed by atoms with E-state index in [0.29, 0.717) is 31.6 Å². The van der Waals surface area contributed by atoms with E-state index in [4.69, 9.17) is 9.47 Å². The van der Waals surface area contributed by atoms with E-state index >= 15 is 0 Å². The Morgan fingerprint density at radius 2 is 2.00 bits per heavy atom. The third kappa shape index (κ3) is 6.78. The molecule has 1 aliphatic heterocycles. The van der Waals surface area contributed by atoms with E-state index in [2.05, 4.69) is 31.0 Å². The lowest BCUT2D eigenvalue weighted by atomic mass is 9.93. The Bertz CT molecular complexity index is 602. The first kappa shape index (κ1) is 22.7. The maximum atomic E-state index is 12.7. The second-order valence-electron chi connectivity index (χ2n) is 8.47. The quantitative estimate of drug-likeness (QED) is 0.628. The average Bonchev–Trinajstić information content (AvgIpc) is 2.64. The smallest absolute Gasteiger partial charge is 0.256 e. The Labute approximate surface area is 170 Å². The first-order valence-corrected chi connectivity index (χ1v) is 10.8. The van der Waals surface area contributed by atoms with Crippen LogP contribution in [0.4, 0.5) is 5.69 Å². The second kappa shape index (κ2) is 10.8. The maximum Gasteiger partial charge on any atom is 0.256 e. The molecule has 1 aromatic carbocycles. The zero-order chi connectivity index (χ0) is 20.6. The maximum absolute atomic E-state index is 12.7. The molecule has 1 aromatic rings. The Morgan fingerprint density at radius 1 is 1.29 bits per heavy atom. The summed E-state index contributed by atoms with van der Waals surface area (Å²) in [5.41, 5.74) is -0.0554. The van der Waals surface area contributed by atoms with Crippen molar-refractivity contribution in [3.05, 3.63) is 24.3 Å². The van der Waals surface area contributed by atoms with Gasteiger partial charge >= 0.3 is 0 Å². The standard InChI is InChI=1S/C23H38N2O3/c1-6-28-23(5,17-18(2)3)22(26)24-20-10-12-21(13-11-20)27-16-15-25-14-8-7-9-19(25)4/h10-13,18-19H,6-9,14-17H2,1-5H3,(H,24,26). The van der Waals surface area contributed by atoms with E-state index in [0.717, 1.165) is 18.0 Å². The molecule has 1 fully saturated rings. The number of carbonyl (C=O) groups excluding carboxylic acids is 1. The van der Waals surface area contributed by atoms with Crippen LogP contribution in [-0.2, 0) is 9.53 Å². The number of benzene rings is 1. The van der Waals surface area contributed by atoms with E-state index in [-0.39, 0.29) is 5.91 Å². The van der Waals surface area contributed by atoms with Crippen LogP contribution >= 0.6 is 0 Å². The number of ether oxygens (including phenoxy) is 2. The Hall–Kier alpha value is -1.59. The van der Waals surface area contributed by atoms with Crippen molar-refractivity contribution in [3.63, 3.8) is 0 Å². The summed E-state index contributed by atoms with van der Waals surface area (Å²) >= 11 is 0. The summed E-state index contributed by atoms with van der Waals surface area (Å²) < 4.78 is 11.7. The van der Waals surface area contributed by atoms with Gasteiger partial charge in [-0.15, -0.1) is 0 Å². The van der Waals surface area contributed by atoms with Gasteiger partial charge in [-0.1, -0.05) is 20.3 Å². The van der Waals surface area contributed by atoms with Gasteiger partial charge in [-0.25, -0.2) is 0 Å². The molecular formula is C23H38N2O3. The fraction of sp³-hybridized carbons (Fsp3) is 0.696. The molecule has 0 aliphatic carbocycles. The molecule has 2 atom stereocenters. The molecule has 2 unspecified atom stereocenters. The van der Waals surface area contributed by atoms with Crippen LogP contribution in [0.1, 0.15) is 60.3 Å². The van der Waals surface area contributed by atoms with Gasteiger partial charge < -0.3 is 14.8 Å². The van der Waals surface area contributed by atoms with Gasteiger partial charge in [-0.05, 0) is 76.8 Å². The van der Waals surface area contributed by atoms with Crippen molar-refractivity contribution in [3.8, 4) is 5.75 Å². The van der Waals surface area contributed by atoms with Gasteiger partial charge in [0.25, 0.3) is 5.91 Å². The summed E-state index contributed by atoms with van der Waals surface area (Å²) in [6.07, 6.45) is 4.59. The van der Waals surface area contributed by atoms with E-state index in [9.17, 15) is 4.79 Å². The largest absolute Gasteiger partial charge is 0.492 e. The molecule has 0 aromatic heterocycles. The molecule has 0 spiro atoms. The number of piperidine rings is 1. The van der Waals surface area contributed by atoms with Gasteiger partial charge in [-0.2, -0.15) is 0 Å². The predicted molar refractivity (Wildman–Crippen MR) is 115 cm³/mol. The number of carbonyl (C=O) groups is 1. The summed E-state index contributed by atoms with van der Waals surface area (Å²) in [6, 6.07) is 8.25. The van der Waals surface area contributed by atoms with E-state index in [1.807, 2.05) is 38.1 Å². The fourth-order valence-electron chi connectivity index (χ4n) is 3.98. The monoisotopic (exact) mass is 390 g/mol. The normalized spacial score (nSPS) is 20.0. The molecule has 1 N–H and O–H groups in total. The van der Waals surface area contributed by atoms with E-state index in [1.54, 1.807) is 0 Å². The van der Waals surface area contributed by atoms with Gasteiger partial charge in [0.15, 0.2) is 0 Å². The zero-order valence-corrected chi connectivity index (χ0v) is 18.3. The zero-order valence-electron chi connectivity index (χ0n) is 18.3. The molecule has 0 saturated carbocycles. The van der Waals surface area contributed by atoms with Crippen LogP contribution in [0.3, 0.4) is 0 Å². The third-order valence-corrected chi connectivity index (χ3v) is 5.44. The highest BCUT2D eigenvalue weighted by atomic mass is 16.5. The summed E-state index contributed by atoms with van der Waals surface area (Å²) in [5.74, 6) is 1.11.